The Morgan fingerprint density at radius 3 is 2.62 bits per heavy atom. The number of anilines is 1. The number of nitrogens with two attached hydrogens (primary N) is 1. The minimum absolute atomic E-state index is 0.312. The normalized spacial score (nSPS) is 21.4. The van der Waals surface area contributed by atoms with Gasteiger partial charge in [-0.3, -0.25) is 0 Å². The van der Waals surface area contributed by atoms with Crippen molar-refractivity contribution in [1.29, 1.82) is 0 Å². The Kier molecular flexibility index (Phi) is 5.33. The second kappa shape index (κ2) is 6.67. The maximum atomic E-state index is 12.7. The molecule has 0 aliphatic carbocycles. The van der Waals surface area contributed by atoms with Gasteiger partial charge in [-0.1, -0.05) is 13.8 Å². The molecule has 1 saturated heterocycles. The molecule has 2 N–H and O–H groups in total. The average molecular weight is 375 g/mol. The lowest BCUT2D eigenvalue weighted by atomic mass is 9.89. The number of hydrogen-bond donors (Lipinski definition) is 1. The van der Waals surface area contributed by atoms with Crippen molar-refractivity contribution in [1.82, 2.24) is 4.31 Å². The number of nitrogens with zero attached hydrogens (tertiary/aromatic N) is 1. The lowest BCUT2D eigenvalue weighted by molar-refractivity contribution is 0.341. The van der Waals surface area contributed by atoms with E-state index in [9.17, 15) is 8.42 Å². The number of benzene rings is 1. The minimum Gasteiger partial charge on any atom is -0.398 e. The first-order valence-corrected chi connectivity index (χ1v) is 9.61. The van der Waals surface area contributed by atoms with Gasteiger partial charge in [0, 0.05) is 23.2 Å². The number of nitrogen functional groups attached to an aromatic ring is 1. The Labute approximate surface area is 135 Å². The van der Waals surface area contributed by atoms with Crippen LogP contribution in [0.4, 0.5) is 5.69 Å². The van der Waals surface area contributed by atoms with E-state index in [1.54, 1.807) is 22.5 Å². The molecular formula is C15H23BrN2O2S. The van der Waals surface area contributed by atoms with Crippen molar-refractivity contribution in [2.24, 2.45) is 11.8 Å². The highest BCUT2D eigenvalue weighted by Crippen LogP contribution is 2.29. The average Bonchev–Trinajstić information content (AvgIpc) is 2.68. The first kappa shape index (κ1) is 16.8. The molecule has 1 aromatic rings. The monoisotopic (exact) mass is 374 g/mol. The van der Waals surface area contributed by atoms with Gasteiger partial charge in [-0.15, -0.1) is 0 Å². The van der Waals surface area contributed by atoms with Gasteiger partial charge in [-0.25, -0.2) is 8.42 Å². The van der Waals surface area contributed by atoms with E-state index < -0.39 is 10.0 Å². The zero-order chi connectivity index (χ0) is 15.6. The van der Waals surface area contributed by atoms with Crippen LogP contribution in [-0.2, 0) is 10.0 Å². The fourth-order valence-electron chi connectivity index (χ4n) is 2.82. The predicted molar refractivity (Wildman–Crippen MR) is 89.5 cm³/mol. The van der Waals surface area contributed by atoms with Crippen LogP contribution in [0.25, 0.3) is 0 Å². The van der Waals surface area contributed by atoms with Gasteiger partial charge in [-0.05, 0) is 65.2 Å². The molecule has 0 saturated carbocycles. The summed E-state index contributed by atoms with van der Waals surface area (Å²) in [4.78, 5) is 0.312. The van der Waals surface area contributed by atoms with Crippen molar-refractivity contribution < 1.29 is 8.42 Å². The van der Waals surface area contributed by atoms with Gasteiger partial charge in [-0.2, -0.15) is 4.31 Å². The molecule has 0 spiro atoms. The summed E-state index contributed by atoms with van der Waals surface area (Å²) in [5.74, 6) is 1.22. The summed E-state index contributed by atoms with van der Waals surface area (Å²) >= 11 is 3.30. The topological polar surface area (TPSA) is 63.4 Å². The minimum atomic E-state index is -3.43. The molecule has 1 aliphatic heterocycles. The summed E-state index contributed by atoms with van der Waals surface area (Å²) < 4.78 is 27.7. The third kappa shape index (κ3) is 3.79. The molecule has 1 fully saturated rings. The molecule has 4 nitrogen and oxygen atoms in total. The van der Waals surface area contributed by atoms with Crippen LogP contribution in [-0.4, -0.2) is 25.8 Å². The van der Waals surface area contributed by atoms with Crippen LogP contribution in [0, 0.1) is 11.8 Å². The molecule has 0 radical (unpaired) electrons. The van der Waals surface area contributed by atoms with Gasteiger partial charge < -0.3 is 5.73 Å². The Morgan fingerprint density at radius 1 is 1.29 bits per heavy atom. The molecule has 1 atom stereocenters. The van der Waals surface area contributed by atoms with Gasteiger partial charge in [0.25, 0.3) is 0 Å². The smallest absolute Gasteiger partial charge is 0.243 e. The van der Waals surface area contributed by atoms with Gasteiger partial charge >= 0.3 is 0 Å². The lowest BCUT2D eigenvalue weighted by Crippen LogP contribution is -2.32. The summed E-state index contributed by atoms with van der Waals surface area (Å²) in [7, 11) is -3.43. The molecule has 1 aromatic carbocycles. The van der Waals surface area contributed by atoms with E-state index in [1.165, 1.54) is 0 Å². The Balaban J connectivity index is 2.21. The molecule has 0 amide bonds. The molecule has 0 bridgehead atoms. The van der Waals surface area contributed by atoms with Crippen molar-refractivity contribution in [2.45, 2.75) is 38.0 Å². The molecular weight excluding hydrogens is 352 g/mol. The van der Waals surface area contributed by atoms with Crippen molar-refractivity contribution in [3.05, 3.63) is 22.7 Å². The number of halogens is 1. The number of hydrogen-bond acceptors (Lipinski definition) is 3. The van der Waals surface area contributed by atoms with E-state index in [0.29, 0.717) is 40.0 Å². The summed E-state index contributed by atoms with van der Waals surface area (Å²) in [6.07, 6.45) is 2.97. The molecule has 0 aromatic heterocycles. The fourth-order valence-corrected chi connectivity index (χ4v) is 4.87. The van der Waals surface area contributed by atoms with E-state index in [1.807, 2.05) is 0 Å². The quantitative estimate of drug-likeness (QED) is 0.823. The first-order chi connectivity index (χ1) is 9.82. The van der Waals surface area contributed by atoms with Gasteiger partial charge in [0.1, 0.15) is 0 Å². The van der Waals surface area contributed by atoms with Crippen LogP contribution in [0.1, 0.15) is 33.1 Å². The Bertz CT molecular complexity index is 602. The molecule has 2 rings (SSSR count). The van der Waals surface area contributed by atoms with Gasteiger partial charge in [0.2, 0.25) is 10.0 Å². The lowest BCUT2D eigenvalue weighted by Gasteiger charge is -2.21. The van der Waals surface area contributed by atoms with Crippen molar-refractivity contribution in [2.75, 3.05) is 18.8 Å². The predicted octanol–water partition coefficient (Wildman–Crippen LogP) is 3.48. The summed E-state index contributed by atoms with van der Waals surface area (Å²) in [5, 5.41) is 0. The van der Waals surface area contributed by atoms with E-state index in [2.05, 4.69) is 29.8 Å². The van der Waals surface area contributed by atoms with Crippen molar-refractivity contribution >= 4 is 31.6 Å². The van der Waals surface area contributed by atoms with Crippen LogP contribution in [0.15, 0.2) is 27.6 Å². The van der Waals surface area contributed by atoms with E-state index >= 15 is 0 Å². The van der Waals surface area contributed by atoms with Gasteiger partial charge in [0.05, 0.1) is 4.90 Å². The largest absolute Gasteiger partial charge is 0.398 e. The SMILES string of the molecule is CC(C)C1CCCN(S(=O)(=O)c2ccc(N)c(Br)c2)CC1. The van der Waals surface area contributed by atoms with E-state index in [-0.39, 0.29) is 0 Å². The Hall–Kier alpha value is -0.590. The third-order valence-corrected chi connectivity index (χ3v) is 6.87. The highest BCUT2D eigenvalue weighted by atomic mass is 79.9. The molecule has 6 heteroatoms. The van der Waals surface area contributed by atoms with Crippen molar-refractivity contribution in [3.8, 4) is 0 Å². The van der Waals surface area contributed by atoms with Crippen LogP contribution in [0.2, 0.25) is 0 Å². The van der Waals surface area contributed by atoms with Crippen LogP contribution in [0.3, 0.4) is 0 Å². The maximum absolute atomic E-state index is 12.7. The van der Waals surface area contributed by atoms with Crippen LogP contribution < -0.4 is 5.73 Å². The van der Waals surface area contributed by atoms with Gasteiger partial charge in [0.15, 0.2) is 0 Å². The van der Waals surface area contributed by atoms with E-state index in [4.69, 9.17) is 5.73 Å². The van der Waals surface area contributed by atoms with Crippen LogP contribution in [0.5, 0.6) is 0 Å². The zero-order valence-corrected chi connectivity index (χ0v) is 15.0. The van der Waals surface area contributed by atoms with Crippen molar-refractivity contribution in [3.63, 3.8) is 0 Å². The molecule has 1 heterocycles. The highest BCUT2D eigenvalue weighted by Gasteiger charge is 2.28. The number of rotatable bonds is 3. The molecule has 118 valence electrons. The summed E-state index contributed by atoms with van der Waals surface area (Å²) in [6.45, 7) is 5.64. The number of sulfonamides is 1. The second-order valence-electron chi connectivity index (χ2n) is 6.02. The highest BCUT2D eigenvalue weighted by molar-refractivity contribution is 9.10. The summed E-state index contributed by atoms with van der Waals surface area (Å²) in [5.41, 5.74) is 6.28. The molecule has 1 aliphatic rings. The Morgan fingerprint density at radius 2 is 2.00 bits per heavy atom. The maximum Gasteiger partial charge on any atom is 0.243 e. The molecule has 21 heavy (non-hydrogen) atoms. The first-order valence-electron chi connectivity index (χ1n) is 7.37. The van der Waals surface area contributed by atoms with E-state index in [0.717, 1.165) is 19.3 Å². The summed E-state index contributed by atoms with van der Waals surface area (Å²) in [6, 6.07) is 4.81. The second-order valence-corrected chi connectivity index (χ2v) is 8.81. The zero-order valence-electron chi connectivity index (χ0n) is 12.5. The molecule has 1 unspecified atom stereocenters. The fraction of sp³-hybridized carbons (Fsp3) is 0.600. The van der Waals surface area contributed by atoms with Crippen LogP contribution >= 0.6 is 15.9 Å². The third-order valence-electron chi connectivity index (χ3n) is 4.28. The standard InChI is InChI=1S/C15H23BrN2O2S/c1-11(2)12-4-3-8-18(9-7-12)21(19,20)13-5-6-15(17)14(16)10-13/h5-6,10-12H,3-4,7-9,17H2,1-2H3.